The zero-order valence-electron chi connectivity index (χ0n) is 16.3. The average Bonchev–Trinajstić information content (AvgIpc) is 3.06. The topological polar surface area (TPSA) is 81.9 Å². The predicted molar refractivity (Wildman–Crippen MR) is 110 cm³/mol. The van der Waals surface area contributed by atoms with Gasteiger partial charge in [0.15, 0.2) is 10.8 Å². The van der Waals surface area contributed by atoms with E-state index in [1.807, 2.05) is 10.6 Å². The van der Waals surface area contributed by atoms with Gasteiger partial charge in [-0.3, -0.25) is 4.79 Å². The molecule has 3 aromatic rings. The van der Waals surface area contributed by atoms with Crippen molar-refractivity contribution < 1.29 is 9.53 Å². The zero-order chi connectivity index (χ0) is 20.1. The fourth-order valence-corrected chi connectivity index (χ4v) is 3.29. The number of ether oxygens (including phenoxy) is 1. The van der Waals surface area contributed by atoms with Gasteiger partial charge in [0, 0.05) is 19.2 Å². The van der Waals surface area contributed by atoms with Crippen LogP contribution in [0.5, 0.6) is 0 Å². The maximum Gasteiger partial charge on any atom is 0.302 e. The van der Waals surface area contributed by atoms with Crippen LogP contribution in [0.2, 0.25) is 5.15 Å². The molecule has 0 amide bonds. The van der Waals surface area contributed by atoms with E-state index in [-0.39, 0.29) is 5.97 Å². The molecule has 8 heteroatoms. The summed E-state index contributed by atoms with van der Waals surface area (Å²) in [7, 11) is 0. The van der Waals surface area contributed by atoms with E-state index in [2.05, 4.69) is 46.2 Å². The second-order valence-corrected chi connectivity index (χ2v) is 6.97. The Bertz CT molecular complexity index is 986. The Kier molecular flexibility index (Phi) is 6.46. The summed E-state index contributed by atoms with van der Waals surface area (Å²) in [5.74, 6) is 0.160. The Morgan fingerprint density at radius 3 is 2.86 bits per heavy atom. The molecule has 0 bridgehead atoms. The molecule has 0 radical (unpaired) electrons. The molecule has 0 atom stereocenters. The lowest BCUT2D eigenvalue weighted by Crippen LogP contribution is -2.04. The van der Waals surface area contributed by atoms with Crippen molar-refractivity contribution in [3.05, 3.63) is 40.8 Å². The largest absolute Gasteiger partial charge is 0.466 e. The molecule has 1 N–H and O–H groups in total. The number of halogens is 1. The predicted octanol–water partition coefficient (Wildman–Crippen LogP) is 4.44. The van der Waals surface area contributed by atoms with Gasteiger partial charge in [0.25, 0.3) is 0 Å². The molecule has 28 heavy (non-hydrogen) atoms. The first-order valence-electron chi connectivity index (χ1n) is 9.36. The third kappa shape index (κ3) is 4.78. The van der Waals surface area contributed by atoms with Gasteiger partial charge in [-0.1, -0.05) is 24.6 Å². The number of aromatic nitrogens is 4. The third-order valence-corrected chi connectivity index (χ3v) is 4.78. The van der Waals surface area contributed by atoms with Crippen LogP contribution in [0.15, 0.2) is 24.5 Å². The standard InChI is InChI=1S/C20H24ClN5O2/c1-4-15-11-16(8-7-13(15)2)23-20-24-18(21)17-19(25-20)22-12-26(17)9-5-6-10-28-14(3)27/h7-8,11-12H,4-6,9-10H2,1-3H3,(H,23,24,25). The van der Waals surface area contributed by atoms with Gasteiger partial charge in [-0.05, 0) is 49.4 Å². The minimum Gasteiger partial charge on any atom is -0.466 e. The summed E-state index contributed by atoms with van der Waals surface area (Å²) >= 11 is 6.42. The quantitative estimate of drug-likeness (QED) is 0.341. The summed E-state index contributed by atoms with van der Waals surface area (Å²) in [6.45, 7) is 6.75. The lowest BCUT2D eigenvalue weighted by molar-refractivity contribution is -0.141. The minimum atomic E-state index is -0.260. The number of rotatable bonds is 8. The molecule has 2 aromatic heterocycles. The summed E-state index contributed by atoms with van der Waals surface area (Å²) in [6, 6.07) is 6.17. The van der Waals surface area contributed by atoms with Crippen molar-refractivity contribution in [3.8, 4) is 0 Å². The number of anilines is 2. The number of unbranched alkanes of at least 4 members (excludes halogenated alkanes) is 1. The Balaban J connectivity index is 1.72. The van der Waals surface area contributed by atoms with Crippen molar-refractivity contribution in [2.75, 3.05) is 11.9 Å². The Morgan fingerprint density at radius 2 is 2.11 bits per heavy atom. The normalized spacial score (nSPS) is 11.0. The van der Waals surface area contributed by atoms with Gasteiger partial charge < -0.3 is 14.6 Å². The van der Waals surface area contributed by atoms with Crippen molar-refractivity contribution in [1.82, 2.24) is 19.5 Å². The van der Waals surface area contributed by atoms with Gasteiger partial charge in [-0.25, -0.2) is 4.98 Å². The van der Waals surface area contributed by atoms with Crippen molar-refractivity contribution in [3.63, 3.8) is 0 Å². The maximum atomic E-state index is 10.8. The van der Waals surface area contributed by atoms with E-state index in [4.69, 9.17) is 16.3 Å². The summed E-state index contributed by atoms with van der Waals surface area (Å²) in [4.78, 5) is 24.0. The maximum absolute atomic E-state index is 10.8. The van der Waals surface area contributed by atoms with Crippen LogP contribution in [0.25, 0.3) is 11.2 Å². The Labute approximate surface area is 169 Å². The first kappa shape index (κ1) is 20.1. The minimum absolute atomic E-state index is 0.260. The number of hydrogen-bond acceptors (Lipinski definition) is 6. The van der Waals surface area contributed by atoms with Crippen molar-refractivity contribution >= 4 is 40.4 Å². The number of fused-ring (bicyclic) bond motifs is 1. The molecule has 7 nitrogen and oxygen atoms in total. The fraction of sp³-hybridized carbons (Fsp3) is 0.400. The van der Waals surface area contributed by atoms with Gasteiger partial charge in [-0.15, -0.1) is 0 Å². The van der Waals surface area contributed by atoms with E-state index in [1.165, 1.54) is 18.1 Å². The molecule has 1 aromatic carbocycles. The number of aryl methyl sites for hydroxylation is 3. The monoisotopic (exact) mass is 401 g/mol. The zero-order valence-corrected chi connectivity index (χ0v) is 17.1. The molecular weight excluding hydrogens is 378 g/mol. The van der Waals surface area contributed by atoms with Crippen LogP contribution in [0, 0.1) is 6.92 Å². The van der Waals surface area contributed by atoms with Gasteiger partial charge in [0.2, 0.25) is 5.95 Å². The lowest BCUT2D eigenvalue weighted by Gasteiger charge is -2.10. The van der Waals surface area contributed by atoms with Crippen LogP contribution in [0.3, 0.4) is 0 Å². The summed E-state index contributed by atoms with van der Waals surface area (Å²) in [5.41, 5.74) is 4.70. The first-order chi connectivity index (χ1) is 13.5. The summed E-state index contributed by atoms with van der Waals surface area (Å²) in [6.07, 6.45) is 4.27. The van der Waals surface area contributed by atoms with Crippen LogP contribution in [-0.2, 0) is 22.5 Å². The highest BCUT2D eigenvalue weighted by Crippen LogP contribution is 2.24. The van der Waals surface area contributed by atoms with Crippen molar-refractivity contribution in [1.29, 1.82) is 0 Å². The summed E-state index contributed by atoms with van der Waals surface area (Å²) < 4.78 is 6.87. The fourth-order valence-electron chi connectivity index (χ4n) is 3.02. The SMILES string of the molecule is CCc1cc(Nc2nc(Cl)c3c(ncn3CCCCOC(C)=O)n2)ccc1C. The van der Waals surface area contributed by atoms with E-state index in [0.717, 1.165) is 24.9 Å². The molecule has 0 saturated carbocycles. The van der Waals surface area contributed by atoms with Crippen LogP contribution < -0.4 is 5.32 Å². The number of carbonyl (C=O) groups excluding carboxylic acids is 1. The van der Waals surface area contributed by atoms with Crippen molar-refractivity contribution in [2.45, 2.75) is 46.6 Å². The van der Waals surface area contributed by atoms with E-state index in [1.54, 1.807) is 6.33 Å². The van der Waals surface area contributed by atoms with Gasteiger partial charge in [0.1, 0.15) is 5.52 Å². The number of esters is 1. The van der Waals surface area contributed by atoms with Crippen molar-refractivity contribution in [2.24, 2.45) is 0 Å². The molecule has 0 fully saturated rings. The van der Waals surface area contributed by atoms with Crippen LogP contribution in [-0.4, -0.2) is 32.1 Å². The summed E-state index contributed by atoms with van der Waals surface area (Å²) in [5, 5.41) is 3.57. The highest BCUT2D eigenvalue weighted by Gasteiger charge is 2.12. The smallest absolute Gasteiger partial charge is 0.302 e. The van der Waals surface area contributed by atoms with Gasteiger partial charge in [-0.2, -0.15) is 9.97 Å². The molecule has 3 rings (SSSR count). The molecule has 0 saturated heterocycles. The number of carbonyl (C=O) groups is 1. The van der Waals surface area contributed by atoms with Crippen LogP contribution in [0.1, 0.15) is 37.8 Å². The van der Waals surface area contributed by atoms with E-state index in [0.29, 0.717) is 35.4 Å². The number of hydrogen-bond donors (Lipinski definition) is 1. The second-order valence-electron chi connectivity index (χ2n) is 6.62. The number of imidazole rings is 1. The molecular formula is C20H24ClN5O2. The number of nitrogens with one attached hydrogen (secondary N) is 1. The number of nitrogens with zero attached hydrogens (tertiary/aromatic N) is 4. The Morgan fingerprint density at radius 1 is 1.29 bits per heavy atom. The van der Waals surface area contributed by atoms with E-state index >= 15 is 0 Å². The Hall–Kier alpha value is -2.67. The van der Waals surface area contributed by atoms with E-state index < -0.39 is 0 Å². The average molecular weight is 402 g/mol. The lowest BCUT2D eigenvalue weighted by atomic mass is 10.1. The second kappa shape index (κ2) is 9.01. The highest BCUT2D eigenvalue weighted by atomic mass is 35.5. The highest BCUT2D eigenvalue weighted by molar-refractivity contribution is 6.33. The molecule has 0 aliphatic rings. The van der Waals surface area contributed by atoms with Crippen LogP contribution in [0.4, 0.5) is 11.6 Å². The third-order valence-electron chi connectivity index (χ3n) is 4.51. The molecule has 0 aliphatic heterocycles. The molecule has 148 valence electrons. The van der Waals surface area contributed by atoms with Gasteiger partial charge >= 0.3 is 5.97 Å². The molecule has 0 unspecified atom stereocenters. The molecule has 2 heterocycles. The number of benzene rings is 1. The molecule has 0 spiro atoms. The first-order valence-corrected chi connectivity index (χ1v) is 9.74. The van der Waals surface area contributed by atoms with Crippen LogP contribution >= 0.6 is 11.6 Å². The van der Waals surface area contributed by atoms with E-state index in [9.17, 15) is 4.79 Å². The van der Waals surface area contributed by atoms with Gasteiger partial charge in [0.05, 0.1) is 12.9 Å². The molecule has 0 aliphatic carbocycles.